The molecule has 0 aromatic heterocycles. The summed E-state index contributed by atoms with van der Waals surface area (Å²) in [5.74, 6) is -0.499. The number of rotatable bonds is 4. The van der Waals surface area contributed by atoms with E-state index >= 15 is 0 Å². The highest BCUT2D eigenvalue weighted by Crippen LogP contribution is 2.29. The SMILES string of the molecule is COC(=O)CSC1=N/C(=C\c2ccccc2)C(=O)N1c1ccccc1. The summed E-state index contributed by atoms with van der Waals surface area (Å²) < 4.78 is 4.67. The minimum Gasteiger partial charge on any atom is -0.468 e. The molecule has 0 bridgehead atoms. The smallest absolute Gasteiger partial charge is 0.316 e. The summed E-state index contributed by atoms with van der Waals surface area (Å²) in [7, 11) is 1.33. The van der Waals surface area contributed by atoms with Crippen molar-refractivity contribution in [2.24, 2.45) is 4.99 Å². The normalized spacial score (nSPS) is 15.4. The molecule has 1 aliphatic heterocycles. The minimum atomic E-state index is -0.367. The third kappa shape index (κ3) is 3.97. The van der Waals surface area contributed by atoms with Crippen LogP contribution < -0.4 is 4.90 Å². The van der Waals surface area contributed by atoms with Gasteiger partial charge in [-0.3, -0.25) is 14.5 Å². The van der Waals surface area contributed by atoms with Crippen LogP contribution in [0.2, 0.25) is 0 Å². The Morgan fingerprint density at radius 3 is 2.40 bits per heavy atom. The molecule has 2 aromatic rings. The molecule has 2 aromatic carbocycles. The van der Waals surface area contributed by atoms with Gasteiger partial charge in [0.05, 0.1) is 18.6 Å². The van der Waals surface area contributed by atoms with Gasteiger partial charge in [0, 0.05) is 0 Å². The molecule has 0 aliphatic carbocycles. The highest BCUT2D eigenvalue weighted by molar-refractivity contribution is 8.14. The lowest BCUT2D eigenvalue weighted by atomic mass is 10.2. The van der Waals surface area contributed by atoms with Crippen LogP contribution in [0.5, 0.6) is 0 Å². The summed E-state index contributed by atoms with van der Waals surface area (Å²) in [6, 6.07) is 18.8. The van der Waals surface area contributed by atoms with Crippen molar-refractivity contribution in [2.75, 3.05) is 17.8 Å². The zero-order valence-electron chi connectivity index (χ0n) is 13.6. The first-order valence-corrected chi connectivity index (χ1v) is 8.62. The molecule has 0 N–H and O–H groups in total. The van der Waals surface area contributed by atoms with E-state index in [0.29, 0.717) is 16.6 Å². The van der Waals surface area contributed by atoms with Gasteiger partial charge in [0.25, 0.3) is 5.91 Å². The first kappa shape index (κ1) is 17.0. The van der Waals surface area contributed by atoms with Crippen LogP contribution in [0.15, 0.2) is 71.4 Å². The number of carbonyl (C=O) groups is 2. The number of anilines is 1. The lowest BCUT2D eigenvalue weighted by molar-refractivity contribution is -0.137. The van der Waals surface area contributed by atoms with Gasteiger partial charge in [0.2, 0.25) is 0 Å². The van der Waals surface area contributed by atoms with Crippen molar-refractivity contribution in [2.45, 2.75) is 0 Å². The number of hydrogen-bond donors (Lipinski definition) is 0. The molecule has 0 unspecified atom stereocenters. The Kier molecular flexibility index (Phi) is 5.30. The first-order valence-electron chi connectivity index (χ1n) is 7.63. The molecule has 1 aliphatic rings. The van der Waals surface area contributed by atoms with E-state index in [4.69, 9.17) is 0 Å². The molecule has 0 fully saturated rings. The standard InChI is InChI=1S/C19H16N2O3S/c1-24-17(22)13-25-19-20-16(12-14-8-4-2-5-9-14)18(23)21(19)15-10-6-3-7-11-15/h2-12H,13H2,1H3/b16-12-. The molecule has 0 spiro atoms. The van der Waals surface area contributed by atoms with Crippen LogP contribution in [0.4, 0.5) is 5.69 Å². The van der Waals surface area contributed by atoms with E-state index in [1.54, 1.807) is 6.08 Å². The second-order valence-corrected chi connectivity index (χ2v) is 6.12. The van der Waals surface area contributed by atoms with E-state index < -0.39 is 0 Å². The number of aliphatic imine (C=N–C) groups is 1. The van der Waals surface area contributed by atoms with Crippen molar-refractivity contribution >= 4 is 40.6 Å². The molecule has 0 saturated carbocycles. The van der Waals surface area contributed by atoms with Gasteiger partial charge >= 0.3 is 5.97 Å². The lowest BCUT2D eigenvalue weighted by Gasteiger charge is -2.17. The van der Waals surface area contributed by atoms with Crippen molar-refractivity contribution < 1.29 is 14.3 Å². The second kappa shape index (κ2) is 7.81. The van der Waals surface area contributed by atoms with Crippen molar-refractivity contribution in [3.05, 3.63) is 71.9 Å². The van der Waals surface area contributed by atoms with Crippen LogP contribution in [0, 0.1) is 0 Å². The predicted octanol–water partition coefficient (Wildman–Crippen LogP) is 3.34. The van der Waals surface area contributed by atoms with Crippen LogP contribution in [-0.2, 0) is 14.3 Å². The Labute approximate surface area is 150 Å². The van der Waals surface area contributed by atoms with Crippen molar-refractivity contribution in [1.29, 1.82) is 0 Å². The fourth-order valence-corrected chi connectivity index (χ4v) is 3.13. The van der Waals surface area contributed by atoms with Gasteiger partial charge in [-0.1, -0.05) is 60.3 Å². The Hall–Kier alpha value is -2.86. The third-order valence-electron chi connectivity index (χ3n) is 3.49. The molecule has 6 heteroatoms. The predicted molar refractivity (Wildman–Crippen MR) is 100 cm³/mol. The average molecular weight is 352 g/mol. The zero-order chi connectivity index (χ0) is 17.6. The second-order valence-electron chi connectivity index (χ2n) is 5.18. The van der Waals surface area contributed by atoms with Crippen LogP contribution in [0.25, 0.3) is 6.08 Å². The summed E-state index contributed by atoms with van der Waals surface area (Å²) in [5, 5.41) is 0.462. The molecule has 1 amide bonds. The van der Waals surface area contributed by atoms with Gasteiger partial charge in [-0.2, -0.15) is 0 Å². The number of esters is 1. The lowest BCUT2D eigenvalue weighted by Crippen LogP contribution is -2.30. The Morgan fingerprint density at radius 1 is 1.12 bits per heavy atom. The molecule has 25 heavy (non-hydrogen) atoms. The van der Waals surface area contributed by atoms with Crippen LogP contribution in [0.3, 0.4) is 0 Å². The Balaban J connectivity index is 1.93. The van der Waals surface area contributed by atoms with Gasteiger partial charge in [-0.25, -0.2) is 4.99 Å². The number of methoxy groups -OCH3 is 1. The van der Waals surface area contributed by atoms with Crippen LogP contribution >= 0.6 is 11.8 Å². The Bertz CT molecular complexity index is 832. The van der Waals surface area contributed by atoms with Crippen molar-refractivity contribution in [3.8, 4) is 0 Å². The van der Waals surface area contributed by atoms with Gasteiger partial charge in [-0.15, -0.1) is 0 Å². The van der Waals surface area contributed by atoms with E-state index in [1.165, 1.54) is 23.8 Å². The first-order chi connectivity index (χ1) is 12.2. The Morgan fingerprint density at radius 2 is 1.76 bits per heavy atom. The highest BCUT2D eigenvalue weighted by atomic mass is 32.2. The van der Waals surface area contributed by atoms with E-state index in [1.807, 2.05) is 60.7 Å². The molecular weight excluding hydrogens is 336 g/mol. The molecule has 126 valence electrons. The van der Waals surface area contributed by atoms with Gasteiger partial charge in [0.15, 0.2) is 5.17 Å². The van der Waals surface area contributed by atoms with E-state index in [-0.39, 0.29) is 17.6 Å². The summed E-state index contributed by atoms with van der Waals surface area (Å²) in [4.78, 5) is 30.3. The summed E-state index contributed by atoms with van der Waals surface area (Å²) in [6.07, 6.45) is 1.74. The van der Waals surface area contributed by atoms with Crippen LogP contribution in [-0.4, -0.2) is 29.9 Å². The number of nitrogens with zero attached hydrogens (tertiary/aromatic N) is 2. The molecule has 1 heterocycles. The summed E-state index contributed by atoms with van der Waals surface area (Å²) >= 11 is 1.18. The fraction of sp³-hybridized carbons (Fsp3) is 0.105. The monoisotopic (exact) mass is 352 g/mol. The van der Waals surface area contributed by atoms with E-state index in [9.17, 15) is 9.59 Å². The largest absolute Gasteiger partial charge is 0.468 e. The minimum absolute atomic E-state index is 0.0879. The van der Waals surface area contributed by atoms with Gasteiger partial charge in [-0.05, 0) is 23.8 Å². The number of hydrogen-bond acceptors (Lipinski definition) is 5. The third-order valence-corrected chi connectivity index (χ3v) is 4.41. The van der Waals surface area contributed by atoms with E-state index in [2.05, 4.69) is 9.73 Å². The van der Waals surface area contributed by atoms with Gasteiger partial charge < -0.3 is 4.74 Å². The quantitative estimate of drug-likeness (QED) is 0.625. The number of carbonyl (C=O) groups excluding carboxylic acids is 2. The fourth-order valence-electron chi connectivity index (χ4n) is 2.29. The van der Waals surface area contributed by atoms with Crippen molar-refractivity contribution in [1.82, 2.24) is 0 Å². The molecule has 5 nitrogen and oxygen atoms in total. The van der Waals surface area contributed by atoms with E-state index in [0.717, 1.165) is 5.56 Å². The summed E-state index contributed by atoms with van der Waals surface area (Å²) in [5.41, 5.74) is 1.93. The molecule has 0 saturated heterocycles. The van der Waals surface area contributed by atoms with Crippen molar-refractivity contribution in [3.63, 3.8) is 0 Å². The number of benzene rings is 2. The highest BCUT2D eigenvalue weighted by Gasteiger charge is 2.32. The number of amides is 1. The van der Waals surface area contributed by atoms with Crippen LogP contribution in [0.1, 0.15) is 5.56 Å². The average Bonchev–Trinajstić information content (AvgIpc) is 2.96. The summed E-state index contributed by atoms with van der Waals surface area (Å²) in [6.45, 7) is 0. The number of thioether (sulfide) groups is 1. The van der Waals surface area contributed by atoms with Gasteiger partial charge in [0.1, 0.15) is 5.70 Å². The molecule has 3 rings (SSSR count). The topological polar surface area (TPSA) is 59.0 Å². The maximum Gasteiger partial charge on any atom is 0.316 e. The number of amidine groups is 1. The maximum atomic E-state index is 12.8. The number of para-hydroxylation sites is 1. The maximum absolute atomic E-state index is 12.8. The molecule has 0 atom stereocenters. The molecule has 0 radical (unpaired) electrons. The number of ether oxygens (including phenoxy) is 1. The molecular formula is C19H16N2O3S. The zero-order valence-corrected chi connectivity index (χ0v) is 14.4.